The second-order valence-electron chi connectivity index (χ2n) is 7.06. The molecule has 1 saturated carbocycles. The lowest BCUT2D eigenvalue weighted by atomic mass is 9.69. The van der Waals surface area contributed by atoms with Crippen LogP contribution in [0.5, 0.6) is 5.75 Å². The predicted octanol–water partition coefficient (Wildman–Crippen LogP) is 3.28. The molecule has 0 radical (unpaired) electrons. The van der Waals surface area contributed by atoms with Crippen molar-refractivity contribution in [3.05, 3.63) is 23.3 Å². The molecule has 0 aromatic heterocycles. The lowest BCUT2D eigenvalue weighted by molar-refractivity contribution is -0.0979. The average Bonchev–Trinajstić information content (AvgIpc) is 2.75. The molecule has 0 aliphatic heterocycles. The maximum absolute atomic E-state index is 14.0. The van der Waals surface area contributed by atoms with Gasteiger partial charge >= 0.3 is 5.51 Å². The number of ether oxygens (including phenoxy) is 1. The number of rotatable bonds is 3. The largest absolute Gasteiger partial charge is 0.501 e. The standard InChI is InChI=1S/C16H14F5NO4S/c1-14(7-22)4-8(5-14)26-10-2-3-11(27(24,25)16(19,20)21)12-9(10)6-15(17,18)13(12)23/h2-3,8,13,23H,4-6H2,1H3/t8-,13-,14-/m0/s1. The van der Waals surface area contributed by atoms with Gasteiger partial charge in [-0.1, -0.05) is 0 Å². The first-order valence-electron chi connectivity index (χ1n) is 7.83. The summed E-state index contributed by atoms with van der Waals surface area (Å²) in [4.78, 5) is -1.41. The number of hydrogen-bond donors (Lipinski definition) is 1. The molecule has 5 nitrogen and oxygen atoms in total. The van der Waals surface area contributed by atoms with Crippen molar-refractivity contribution in [2.45, 2.75) is 54.7 Å². The van der Waals surface area contributed by atoms with Crippen molar-refractivity contribution in [1.82, 2.24) is 0 Å². The topological polar surface area (TPSA) is 87.4 Å². The smallest absolute Gasteiger partial charge is 0.490 e. The average molecular weight is 411 g/mol. The minimum absolute atomic E-state index is 0.215. The Balaban J connectivity index is 2.05. The number of sulfone groups is 1. The molecule has 1 atom stereocenters. The number of halogens is 5. The number of nitriles is 1. The highest BCUT2D eigenvalue weighted by molar-refractivity contribution is 7.92. The highest BCUT2D eigenvalue weighted by Crippen LogP contribution is 2.51. The Morgan fingerprint density at radius 2 is 1.89 bits per heavy atom. The van der Waals surface area contributed by atoms with Crippen molar-refractivity contribution in [1.29, 1.82) is 5.26 Å². The molecule has 0 unspecified atom stereocenters. The fraction of sp³-hybridized carbons (Fsp3) is 0.562. The predicted molar refractivity (Wildman–Crippen MR) is 80.7 cm³/mol. The number of fused-ring (bicyclic) bond motifs is 1. The lowest BCUT2D eigenvalue weighted by Crippen LogP contribution is -2.41. The van der Waals surface area contributed by atoms with Crippen LogP contribution in [0.3, 0.4) is 0 Å². The third-order valence-electron chi connectivity index (χ3n) is 4.87. The molecule has 1 aromatic rings. The Morgan fingerprint density at radius 3 is 2.41 bits per heavy atom. The number of alkyl halides is 5. The zero-order valence-electron chi connectivity index (χ0n) is 13.8. The van der Waals surface area contributed by atoms with Gasteiger partial charge in [-0.15, -0.1) is 0 Å². The van der Waals surface area contributed by atoms with Crippen LogP contribution < -0.4 is 4.74 Å². The summed E-state index contributed by atoms with van der Waals surface area (Å²) in [7, 11) is -5.94. The van der Waals surface area contributed by atoms with Gasteiger partial charge in [0.15, 0.2) is 0 Å². The molecule has 27 heavy (non-hydrogen) atoms. The van der Waals surface area contributed by atoms with Gasteiger partial charge in [-0.3, -0.25) is 0 Å². The van der Waals surface area contributed by atoms with Crippen LogP contribution in [0.15, 0.2) is 17.0 Å². The molecular weight excluding hydrogens is 397 g/mol. The maximum atomic E-state index is 14.0. The van der Waals surface area contributed by atoms with E-state index in [1.54, 1.807) is 6.92 Å². The molecular formula is C16H14F5NO4S. The molecule has 2 aliphatic carbocycles. The third kappa shape index (κ3) is 3.04. The molecule has 0 amide bonds. The number of aliphatic hydroxyl groups is 1. The highest BCUT2D eigenvalue weighted by atomic mass is 32.2. The van der Waals surface area contributed by atoms with Crippen LogP contribution in [0.25, 0.3) is 0 Å². The summed E-state index contributed by atoms with van der Waals surface area (Å²) in [5.41, 5.74) is -7.80. The van der Waals surface area contributed by atoms with Gasteiger partial charge in [-0.05, 0) is 19.1 Å². The van der Waals surface area contributed by atoms with Crippen LogP contribution in [-0.4, -0.2) is 31.1 Å². The molecule has 0 bridgehead atoms. The van der Waals surface area contributed by atoms with Crippen molar-refractivity contribution >= 4 is 9.84 Å². The summed E-state index contributed by atoms with van der Waals surface area (Å²) in [6.45, 7) is 1.67. The van der Waals surface area contributed by atoms with Gasteiger partial charge in [0.2, 0.25) is 0 Å². The zero-order chi connectivity index (χ0) is 20.4. The van der Waals surface area contributed by atoms with Gasteiger partial charge in [0, 0.05) is 30.4 Å². The van der Waals surface area contributed by atoms with Crippen LogP contribution in [0, 0.1) is 16.7 Å². The molecule has 2 aliphatic rings. The van der Waals surface area contributed by atoms with Crippen molar-refractivity contribution in [2.75, 3.05) is 0 Å². The van der Waals surface area contributed by atoms with Gasteiger partial charge in [0.1, 0.15) is 18.0 Å². The van der Waals surface area contributed by atoms with Gasteiger partial charge < -0.3 is 9.84 Å². The minimum Gasteiger partial charge on any atom is -0.490 e. The summed E-state index contributed by atoms with van der Waals surface area (Å²) in [5, 5.41) is 18.8. The molecule has 1 aromatic carbocycles. The fourth-order valence-corrected chi connectivity index (χ4v) is 4.44. The summed E-state index contributed by atoms with van der Waals surface area (Å²) in [6.07, 6.45) is -3.79. The second kappa shape index (κ2) is 5.78. The third-order valence-corrected chi connectivity index (χ3v) is 6.42. The van der Waals surface area contributed by atoms with Gasteiger partial charge in [0.05, 0.1) is 16.4 Å². The molecule has 0 heterocycles. The summed E-state index contributed by atoms with van der Waals surface area (Å²) < 4.78 is 95.6. The number of hydrogen-bond acceptors (Lipinski definition) is 5. The van der Waals surface area contributed by atoms with Crippen molar-refractivity contribution in [2.24, 2.45) is 5.41 Å². The normalized spacial score (nSPS) is 29.6. The molecule has 148 valence electrons. The van der Waals surface area contributed by atoms with Gasteiger partial charge in [-0.2, -0.15) is 18.4 Å². The maximum Gasteiger partial charge on any atom is 0.501 e. The summed E-state index contributed by atoms with van der Waals surface area (Å²) >= 11 is 0. The van der Waals surface area contributed by atoms with E-state index in [1.807, 2.05) is 0 Å². The summed E-state index contributed by atoms with van der Waals surface area (Å²) in [5.74, 6) is -4.05. The van der Waals surface area contributed by atoms with E-state index >= 15 is 0 Å². The van der Waals surface area contributed by atoms with E-state index in [0.29, 0.717) is 18.9 Å². The van der Waals surface area contributed by atoms with Gasteiger partial charge in [0.25, 0.3) is 15.8 Å². The summed E-state index contributed by atoms with van der Waals surface area (Å²) in [6, 6.07) is 3.47. The van der Waals surface area contributed by atoms with Crippen LogP contribution >= 0.6 is 0 Å². The van der Waals surface area contributed by atoms with Crippen LogP contribution in [0.2, 0.25) is 0 Å². The minimum atomic E-state index is -5.94. The Bertz CT molecular complexity index is 929. The Kier molecular flexibility index (Phi) is 4.24. The van der Waals surface area contributed by atoms with E-state index in [1.165, 1.54) is 0 Å². The van der Waals surface area contributed by atoms with Crippen molar-refractivity contribution in [3.63, 3.8) is 0 Å². The SMILES string of the molecule is C[C@]1(C#N)C[C@H](Oc2ccc(S(=O)(=O)C(F)(F)F)c3c2CC(F)(F)[C@H]3O)C1. The molecule has 0 saturated heterocycles. The first kappa shape index (κ1) is 19.8. The molecule has 1 N–H and O–H groups in total. The highest BCUT2D eigenvalue weighted by Gasteiger charge is 2.55. The van der Waals surface area contributed by atoms with E-state index in [-0.39, 0.29) is 5.75 Å². The van der Waals surface area contributed by atoms with E-state index in [9.17, 15) is 35.5 Å². The fourth-order valence-electron chi connectivity index (χ4n) is 3.42. The zero-order valence-corrected chi connectivity index (χ0v) is 14.7. The lowest BCUT2D eigenvalue weighted by Gasteiger charge is -2.39. The molecule has 11 heteroatoms. The first-order chi connectivity index (χ1) is 12.2. The molecule has 1 fully saturated rings. The van der Waals surface area contributed by atoms with Crippen LogP contribution in [0.1, 0.15) is 37.0 Å². The number of nitrogens with zero attached hydrogens (tertiary/aromatic N) is 1. The monoisotopic (exact) mass is 411 g/mol. The second-order valence-corrected chi connectivity index (χ2v) is 8.97. The number of benzene rings is 1. The van der Waals surface area contributed by atoms with E-state index in [2.05, 4.69) is 6.07 Å². The van der Waals surface area contributed by atoms with Crippen molar-refractivity contribution < 1.29 is 40.2 Å². The van der Waals surface area contributed by atoms with E-state index in [4.69, 9.17) is 10.00 Å². The van der Waals surface area contributed by atoms with E-state index < -0.39 is 61.3 Å². The molecule has 3 rings (SSSR count). The van der Waals surface area contributed by atoms with Crippen LogP contribution in [-0.2, 0) is 16.3 Å². The first-order valence-corrected chi connectivity index (χ1v) is 9.31. The Morgan fingerprint density at radius 1 is 1.30 bits per heavy atom. The van der Waals surface area contributed by atoms with E-state index in [0.717, 1.165) is 6.07 Å². The Hall–Kier alpha value is -1.93. The molecule has 0 spiro atoms. The number of aliphatic hydroxyl groups excluding tert-OH is 1. The quantitative estimate of drug-likeness (QED) is 0.772. The van der Waals surface area contributed by atoms with Crippen molar-refractivity contribution in [3.8, 4) is 11.8 Å². The van der Waals surface area contributed by atoms with Crippen LogP contribution in [0.4, 0.5) is 22.0 Å². The Labute approximate surface area is 151 Å². The van der Waals surface area contributed by atoms with Gasteiger partial charge in [-0.25, -0.2) is 17.2 Å².